The second kappa shape index (κ2) is 7.78. The van der Waals surface area contributed by atoms with Crippen molar-refractivity contribution >= 4 is 17.5 Å². The molecule has 0 aliphatic carbocycles. The van der Waals surface area contributed by atoms with Crippen LogP contribution in [0.5, 0.6) is 0 Å². The van der Waals surface area contributed by atoms with E-state index in [1.807, 2.05) is 42.7 Å². The number of nitrogens with one attached hydrogen (secondary N) is 1. The van der Waals surface area contributed by atoms with Crippen LogP contribution in [0.25, 0.3) is 5.82 Å². The largest absolute Gasteiger partial charge is 0.340 e. The zero-order chi connectivity index (χ0) is 21.4. The number of amides is 2. The number of hydrogen-bond donors (Lipinski definition) is 1. The monoisotopic (exact) mass is 406 g/mol. The summed E-state index contributed by atoms with van der Waals surface area (Å²) in [4.78, 5) is 32.4. The lowest BCUT2D eigenvalue weighted by atomic mass is 10.0. The quantitative estimate of drug-likeness (QED) is 0.721. The molecular weight excluding hydrogens is 380 g/mol. The van der Waals surface area contributed by atoms with Gasteiger partial charge in [0, 0.05) is 31.7 Å². The first-order valence-electron chi connectivity index (χ1n) is 10.1. The third-order valence-corrected chi connectivity index (χ3v) is 5.56. The van der Waals surface area contributed by atoms with Gasteiger partial charge in [-0.1, -0.05) is 17.7 Å². The smallest absolute Gasteiger partial charge is 0.257 e. The molecule has 1 aromatic carbocycles. The molecule has 8 nitrogen and oxygen atoms in total. The minimum absolute atomic E-state index is 0.0830. The van der Waals surface area contributed by atoms with Crippen LogP contribution in [-0.2, 0) is 11.8 Å². The molecular formula is C22H26N6O2. The molecule has 1 unspecified atom stereocenters. The molecule has 30 heavy (non-hydrogen) atoms. The first kappa shape index (κ1) is 19.9. The Hall–Kier alpha value is -3.42. The summed E-state index contributed by atoms with van der Waals surface area (Å²) in [6, 6.07) is 7.31. The lowest BCUT2D eigenvalue weighted by molar-refractivity contribution is -0.121. The third kappa shape index (κ3) is 3.49. The fraction of sp³-hybridized carbons (Fsp3) is 0.364. The molecule has 0 spiro atoms. The second-order valence-electron chi connectivity index (χ2n) is 7.75. The standard InChI is InChI=1S/C22H26N6O2/c1-14-7-9-17(10-8-14)28-12-5-6-18(22(28)30)24-20(29)19-15(2)25-26(4)21(19)27-13-11-23-16(27)3/h7-11,13,18H,5-6,12H2,1-4H3,(H,24,29). The highest BCUT2D eigenvalue weighted by molar-refractivity contribution is 6.04. The normalized spacial score (nSPS) is 16.7. The molecule has 156 valence electrons. The van der Waals surface area contributed by atoms with Crippen LogP contribution in [0.15, 0.2) is 36.7 Å². The lowest BCUT2D eigenvalue weighted by Crippen LogP contribution is -2.52. The zero-order valence-electron chi connectivity index (χ0n) is 17.7. The van der Waals surface area contributed by atoms with E-state index < -0.39 is 6.04 Å². The van der Waals surface area contributed by atoms with E-state index in [2.05, 4.69) is 15.4 Å². The van der Waals surface area contributed by atoms with Gasteiger partial charge >= 0.3 is 0 Å². The number of benzene rings is 1. The molecule has 3 heterocycles. The zero-order valence-corrected chi connectivity index (χ0v) is 17.7. The van der Waals surface area contributed by atoms with Gasteiger partial charge in [-0.15, -0.1) is 0 Å². The number of piperidine rings is 1. The van der Waals surface area contributed by atoms with Crippen LogP contribution >= 0.6 is 0 Å². The maximum Gasteiger partial charge on any atom is 0.257 e. The van der Waals surface area contributed by atoms with Gasteiger partial charge in [-0.2, -0.15) is 5.10 Å². The summed E-state index contributed by atoms with van der Waals surface area (Å²) < 4.78 is 3.50. The topological polar surface area (TPSA) is 85.1 Å². The number of hydrogen-bond acceptors (Lipinski definition) is 4. The highest BCUT2D eigenvalue weighted by Gasteiger charge is 2.33. The van der Waals surface area contributed by atoms with E-state index in [0.29, 0.717) is 30.0 Å². The maximum absolute atomic E-state index is 13.2. The summed E-state index contributed by atoms with van der Waals surface area (Å²) in [5.74, 6) is 1.01. The Labute approximate surface area is 175 Å². The Morgan fingerprint density at radius 3 is 2.57 bits per heavy atom. The van der Waals surface area contributed by atoms with Crippen molar-refractivity contribution in [3.63, 3.8) is 0 Å². The van der Waals surface area contributed by atoms with Crippen molar-refractivity contribution in [2.45, 2.75) is 39.7 Å². The summed E-state index contributed by atoms with van der Waals surface area (Å²) in [6.07, 6.45) is 4.92. The molecule has 1 fully saturated rings. The molecule has 1 atom stereocenters. The summed E-state index contributed by atoms with van der Waals surface area (Å²) in [7, 11) is 1.80. The molecule has 0 saturated carbocycles. The van der Waals surface area contributed by atoms with Gasteiger partial charge in [-0.3, -0.25) is 18.8 Å². The van der Waals surface area contributed by atoms with Gasteiger partial charge < -0.3 is 10.2 Å². The van der Waals surface area contributed by atoms with E-state index in [1.165, 1.54) is 0 Å². The number of aryl methyl sites for hydroxylation is 4. The fourth-order valence-electron chi connectivity index (χ4n) is 4.01. The van der Waals surface area contributed by atoms with Crippen LogP contribution in [0.4, 0.5) is 5.69 Å². The average molecular weight is 406 g/mol. The Morgan fingerprint density at radius 1 is 1.17 bits per heavy atom. The van der Waals surface area contributed by atoms with Crippen molar-refractivity contribution in [2.75, 3.05) is 11.4 Å². The first-order valence-corrected chi connectivity index (χ1v) is 10.1. The van der Waals surface area contributed by atoms with Crippen LogP contribution in [0.1, 0.15) is 40.3 Å². The number of carbonyl (C=O) groups is 2. The van der Waals surface area contributed by atoms with Crippen LogP contribution in [0.3, 0.4) is 0 Å². The fourth-order valence-corrected chi connectivity index (χ4v) is 4.01. The van der Waals surface area contributed by atoms with Crippen LogP contribution in [0.2, 0.25) is 0 Å². The predicted molar refractivity (Wildman–Crippen MR) is 114 cm³/mol. The number of carbonyl (C=O) groups excluding carboxylic acids is 2. The van der Waals surface area contributed by atoms with E-state index in [-0.39, 0.29) is 11.8 Å². The van der Waals surface area contributed by atoms with Crippen LogP contribution in [0, 0.1) is 20.8 Å². The molecule has 0 bridgehead atoms. The van der Waals surface area contributed by atoms with Crippen molar-refractivity contribution in [1.82, 2.24) is 24.6 Å². The van der Waals surface area contributed by atoms with Gasteiger partial charge in [0.05, 0.1) is 5.69 Å². The van der Waals surface area contributed by atoms with E-state index in [0.717, 1.165) is 23.5 Å². The van der Waals surface area contributed by atoms with Crippen molar-refractivity contribution < 1.29 is 9.59 Å². The number of aromatic nitrogens is 4. The molecule has 2 aromatic heterocycles. The van der Waals surface area contributed by atoms with Crippen molar-refractivity contribution in [3.8, 4) is 5.82 Å². The number of anilines is 1. The van der Waals surface area contributed by atoms with E-state index in [1.54, 1.807) is 35.9 Å². The minimum Gasteiger partial charge on any atom is -0.340 e. The Balaban J connectivity index is 1.59. The highest BCUT2D eigenvalue weighted by Crippen LogP contribution is 2.23. The van der Waals surface area contributed by atoms with Gasteiger partial charge in [0.1, 0.15) is 23.2 Å². The summed E-state index contributed by atoms with van der Waals surface area (Å²) in [5, 5.41) is 7.38. The average Bonchev–Trinajstić information content (AvgIpc) is 3.25. The molecule has 1 N–H and O–H groups in total. The Kier molecular flexibility index (Phi) is 5.15. The molecule has 1 saturated heterocycles. The molecule has 3 aromatic rings. The van der Waals surface area contributed by atoms with E-state index >= 15 is 0 Å². The summed E-state index contributed by atoms with van der Waals surface area (Å²) in [6.45, 7) is 6.33. The molecule has 0 radical (unpaired) electrons. The third-order valence-electron chi connectivity index (χ3n) is 5.56. The van der Waals surface area contributed by atoms with Gasteiger partial charge in [0.2, 0.25) is 5.91 Å². The lowest BCUT2D eigenvalue weighted by Gasteiger charge is -2.32. The molecule has 4 rings (SSSR count). The maximum atomic E-state index is 13.2. The van der Waals surface area contributed by atoms with Crippen LogP contribution in [-0.4, -0.2) is 43.7 Å². The van der Waals surface area contributed by atoms with E-state index in [9.17, 15) is 9.59 Å². The number of nitrogens with zero attached hydrogens (tertiary/aromatic N) is 5. The number of rotatable bonds is 4. The molecule has 1 aliphatic rings. The SMILES string of the molecule is Cc1ccc(N2CCCC(NC(=O)c3c(C)nn(C)c3-n3ccnc3C)C2=O)cc1. The van der Waals surface area contributed by atoms with Crippen LogP contribution < -0.4 is 10.2 Å². The highest BCUT2D eigenvalue weighted by atomic mass is 16.2. The van der Waals surface area contributed by atoms with Crippen molar-refractivity contribution in [3.05, 3.63) is 59.3 Å². The predicted octanol–water partition coefficient (Wildman–Crippen LogP) is 2.46. The molecule has 2 amide bonds. The second-order valence-corrected chi connectivity index (χ2v) is 7.75. The molecule has 1 aliphatic heterocycles. The van der Waals surface area contributed by atoms with Gasteiger partial charge in [0.25, 0.3) is 5.91 Å². The summed E-state index contributed by atoms with van der Waals surface area (Å²) >= 11 is 0. The van der Waals surface area contributed by atoms with Crippen molar-refractivity contribution in [2.24, 2.45) is 7.05 Å². The first-order chi connectivity index (χ1) is 14.4. The molecule has 8 heteroatoms. The Morgan fingerprint density at radius 2 is 1.90 bits per heavy atom. The Bertz CT molecular complexity index is 1100. The van der Waals surface area contributed by atoms with Gasteiger partial charge in [-0.25, -0.2) is 4.98 Å². The minimum atomic E-state index is -0.566. The summed E-state index contributed by atoms with van der Waals surface area (Å²) in [5.41, 5.74) is 3.06. The van der Waals surface area contributed by atoms with Crippen molar-refractivity contribution in [1.29, 1.82) is 0 Å². The van der Waals surface area contributed by atoms with Gasteiger partial charge in [-0.05, 0) is 45.7 Å². The number of imidazole rings is 1. The van der Waals surface area contributed by atoms with Gasteiger partial charge in [0.15, 0.2) is 0 Å². The van der Waals surface area contributed by atoms with E-state index in [4.69, 9.17) is 0 Å².